The number of rotatable bonds is 24. The van der Waals surface area contributed by atoms with E-state index in [-0.39, 0.29) is 0 Å². The molecule has 2 aromatic rings. The summed E-state index contributed by atoms with van der Waals surface area (Å²) in [5.74, 6) is 1.07. The zero-order chi connectivity index (χ0) is 41.1. The topological polar surface area (TPSA) is 36.5 Å². The molecule has 2 atom stereocenters. The lowest BCUT2D eigenvalue weighted by Gasteiger charge is -2.34. The highest BCUT2D eigenvalue weighted by Crippen LogP contribution is 2.38. The van der Waals surface area contributed by atoms with Crippen LogP contribution in [0.2, 0.25) is 0 Å². The minimum Gasteiger partial charge on any atom is -0.376 e. The second-order valence-electron chi connectivity index (χ2n) is 14.6. The van der Waals surface area contributed by atoms with E-state index in [9.17, 15) is 0 Å². The number of ether oxygens (including phenoxy) is 1. The monoisotopic (exact) mass is 740 g/mol. The summed E-state index contributed by atoms with van der Waals surface area (Å²) in [6.45, 7) is 45.9. The Balaban J connectivity index is 0.00000437. The Bertz CT molecular complexity index is 1430. The predicted molar refractivity (Wildman–Crippen MR) is 247 cm³/mol. The van der Waals surface area contributed by atoms with E-state index in [1.165, 1.54) is 60.1 Å². The van der Waals surface area contributed by atoms with E-state index < -0.39 is 5.54 Å². The molecule has 0 aliphatic heterocycles. The molecule has 0 bridgehead atoms. The lowest BCUT2D eigenvalue weighted by molar-refractivity contribution is 0.168. The van der Waals surface area contributed by atoms with E-state index in [0.717, 1.165) is 48.6 Å². The van der Waals surface area contributed by atoms with Crippen molar-refractivity contribution in [3.05, 3.63) is 121 Å². The van der Waals surface area contributed by atoms with Crippen molar-refractivity contribution >= 4 is 22.6 Å². The predicted octanol–water partition coefficient (Wildman–Crippen LogP) is 14.8. The van der Waals surface area contributed by atoms with Crippen LogP contribution >= 0.6 is 0 Å². The second kappa shape index (κ2) is 28.7. The molecule has 54 heavy (non-hydrogen) atoms. The Hall–Kier alpha value is -3.76. The van der Waals surface area contributed by atoms with Gasteiger partial charge in [-0.1, -0.05) is 161 Å². The zero-order valence-electron chi connectivity index (χ0n) is 37.0. The van der Waals surface area contributed by atoms with E-state index in [1.54, 1.807) is 0 Å². The van der Waals surface area contributed by atoms with Crippen molar-refractivity contribution in [2.24, 2.45) is 5.92 Å². The first-order chi connectivity index (χ1) is 25.8. The van der Waals surface area contributed by atoms with Crippen molar-refractivity contribution in [1.29, 1.82) is 0 Å². The van der Waals surface area contributed by atoms with Crippen LogP contribution in [0.1, 0.15) is 151 Å². The minimum atomic E-state index is -0.463. The molecule has 302 valence electrons. The molecule has 0 heterocycles. The van der Waals surface area contributed by atoms with E-state index in [1.807, 2.05) is 32.1 Å². The van der Waals surface area contributed by atoms with Gasteiger partial charge in [0.1, 0.15) is 0 Å². The van der Waals surface area contributed by atoms with Crippen LogP contribution in [0.4, 0.5) is 11.4 Å². The van der Waals surface area contributed by atoms with Crippen LogP contribution < -0.4 is 15.5 Å². The first-order valence-corrected chi connectivity index (χ1v) is 20.9. The van der Waals surface area contributed by atoms with Gasteiger partial charge >= 0.3 is 0 Å². The van der Waals surface area contributed by atoms with Crippen LogP contribution in [0.25, 0.3) is 11.3 Å². The number of nitrogens with zero attached hydrogens (tertiary/aromatic N) is 1. The van der Waals surface area contributed by atoms with Crippen LogP contribution in [0, 0.1) is 5.92 Å². The summed E-state index contributed by atoms with van der Waals surface area (Å²) in [5, 5.41) is 7.20. The Kier molecular flexibility index (Phi) is 26.7. The summed E-state index contributed by atoms with van der Waals surface area (Å²) in [6.07, 6.45) is 16.2. The van der Waals surface area contributed by atoms with E-state index in [0.29, 0.717) is 25.0 Å². The van der Waals surface area contributed by atoms with Gasteiger partial charge in [-0.2, -0.15) is 0 Å². The number of hydrogen-bond acceptors (Lipinski definition) is 4. The maximum atomic E-state index is 6.10. The maximum Gasteiger partial charge on any atom is 0.0711 e. The van der Waals surface area contributed by atoms with Crippen molar-refractivity contribution in [3.8, 4) is 0 Å². The third kappa shape index (κ3) is 18.0. The Morgan fingerprint density at radius 3 is 2.06 bits per heavy atom. The van der Waals surface area contributed by atoms with Gasteiger partial charge in [0.25, 0.3) is 0 Å². The summed E-state index contributed by atoms with van der Waals surface area (Å²) >= 11 is 0. The lowest BCUT2D eigenvalue weighted by atomic mass is 9.81. The lowest BCUT2D eigenvalue weighted by Crippen LogP contribution is -2.41. The molecule has 2 rings (SSSR count). The van der Waals surface area contributed by atoms with Crippen molar-refractivity contribution in [1.82, 2.24) is 5.32 Å². The Morgan fingerprint density at radius 1 is 0.889 bits per heavy atom. The normalized spacial score (nSPS) is 12.6. The first kappa shape index (κ1) is 50.2. The largest absolute Gasteiger partial charge is 0.376 e. The average Bonchev–Trinajstić information content (AvgIpc) is 3.18. The molecule has 0 aliphatic carbocycles. The molecule has 0 fully saturated rings. The van der Waals surface area contributed by atoms with E-state index in [2.05, 4.69) is 160 Å². The molecule has 4 heteroatoms. The molecule has 0 spiro atoms. The Labute approximate surface area is 334 Å². The number of unbranched alkanes of at least 4 members (excludes halogenated alkanes) is 1. The quantitative estimate of drug-likeness (QED) is 0.0638. The highest BCUT2D eigenvalue weighted by molar-refractivity contribution is 5.70. The van der Waals surface area contributed by atoms with Gasteiger partial charge in [-0.15, -0.1) is 6.58 Å². The molecule has 0 saturated heterocycles. The van der Waals surface area contributed by atoms with Crippen LogP contribution in [0.15, 0.2) is 104 Å². The second-order valence-corrected chi connectivity index (χ2v) is 14.6. The van der Waals surface area contributed by atoms with E-state index >= 15 is 0 Å². The highest BCUT2D eigenvalue weighted by atomic mass is 16.5. The van der Waals surface area contributed by atoms with Crippen LogP contribution in [0.3, 0.4) is 0 Å². The molecule has 0 saturated carbocycles. The van der Waals surface area contributed by atoms with Gasteiger partial charge in [0.2, 0.25) is 0 Å². The standard InChI is InChI=1S/C44H65N3O.C4H10.C2H6/c1-13-18-28-47(29-31-48-30-27-33(6)16-4)43-32-40(23-26-42(43)35(8)38(17-5)20-15-3)36(9)46-44(11,12)37(10)45-41-24-21-39(22-25-41)34(7)19-14-2;1-3-4-2;1-2/h13-14,19,21-27,32,35,38,45-46H,1-2,9-10,15-18,20,28-31H2,3-8,11-12H3;3-4H2,1-2H3;1-2H3/b33-27+,34-19+;;. The van der Waals surface area contributed by atoms with Gasteiger partial charge in [0, 0.05) is 35.9 Å². The third-order valence-corrected chi connectivity index (χ3v) is 10.0. The molecule has 4 nitrogen and oxygen atoms in total. The SMILES string of the molecule is C=C/C=C(\C)c1ccc(NC(=C)C(C)(C)NC(=C)c2ccc(C(C)C(CC)CCC)c(N(CCC=C)CCOC/C=C(\C)CC)c2)cc1.CC.CCCC. The zero-order valence-corrected chi connectivity index (χ0v) is 37.0. The van der Waals surface area contributed by atoms with Crippen molar-refractivity contribution in [3.63, 3.8) is 0 Å². The molecular formula is C50H81N3O. The molecule has 2 unspecified atom stereocenters. The summed E-state index contributed by atoms with van der Waals surface area (Å²) in [7, 11) is 0. The van der Waals surface area contributed by atoms with Gasteiger partial charge < -0.3 is 20.3 Å². The third-order valence-electron chi connectivity index (χ3n) is 10.0. The summed E-state index contributed by atoms with van der Waals surface area (Å²) in [5.41, 5.74) is 9.70. The van der Waals surface area contributed by atoms with Crippen molar-refractivity contribution in [2.45, 2.75) is 139 Å². The van der Waals surface area contributed by atoms with Crippen molar-refractivity contribution in [2.75, 3.05) is 36.5 Å². The fraction of sp³-hybridized carbons (Fsp3) is 0.520. The van der Waals surface area contributed by atoms with Crippen LogP contribution in [0.5, 0.6) is 0 Å². The highest BCUT2D eigenvalue weighted by Gasteiger charge is 2.25. The maximum absolute atomic E-state index is 6.10. The molecule has 0 aromatic heterocycles. The molecular weight excluding hydrogens is 659 g/mol. The van der Waals surface area contributed by atoms with Crippen LogP contribution in [-0.2, 0) is 4.74 Å². The molecule has 2 N–H and O–H groups in total. The van der Waals surface area contributed by atoms with Gasteiger partial charge in [-0.3, -0.25) is 0 Å². The van der Waals surface area contributed by atoms with Gasteiger partial charge in [0.05, 0.1) is 18.8 Å². The van der Waals surface area contributed by atoms with Crippen molar-refractivity contribution < 1.29 is 4.74 Å². The first-order valence-electron chi connectivity index (χ1n) is 20.9. The average molecular weight is 740 g/mol. The fourth-order valence-electron chi connectivity index (χ4n) is 5.97. The number of benzene rings is 2. The molecule has 0 amide bonds. The molecule has 0 aliphatic rings. The summed E-state index contributed by atoms with van der Waals surface area (Å²) in [4.78, 5) is 2.49. The van der Waals surface area contributed by atoms with Gasteiger partial charge in [-0.05, 0) is 92.8 Å². The molecule has 0 radical (unpaired) electrons. The van der Waals surface area contributed by atoms with Gasteiger partial charge in [0.15, 0.2) is 0 Å². The number of hydrogen-bond donors (Lipinski definition) is 2. The smallest absolute Gasteiger partial charge is 0.0711 e. The fourth-order valence-corrected chi connectivity index (χ4v) is 5.97. The minimum absolute atomic E-state index is 0.436. The van der Waals surface area contributed by atoms with E-state index in [4.69, 9.17) is 4.74 Å². The summed E-state index contributed by atoms with van der Waals surface area (Å²) in [6, 6.07) is 15.3. The van der Waals surface area contributed by atoms with Gasteiger partial charge in [-0.25, -0.2) is 0 Å². The Morgan fingerprint density at radius 2 is 1.52 bits per heavy atom. The summed E-state index contributed by atoms with van der Waals surface area (Å²) < 4.78 is 6.10. The molecule has 2 aromatic carbocycles. The number of allylic oxidation sites excluding steroid dienone is 4. The number of nitrogens with one attached hydrogen (secondary N) is 2. The van der Waals surface area contributed by atoms with Crippen LogP contribution in [-0.4, -0.2) is 31.8 Å². The number of anilines is 2.